The van der Waals surface area contributed by atoms with Crippen molar-refractivity contribution in [3.05, 3.63) is 29.6 Å². The van der Waals surface area contributed by atoms with Crippen molar-refractivity contribution >= 4 is 0 Å². The SMILES string of the molecule is CCC1CCC(C#N)(Cc2cccc(OC)c2F)CC1. The van der Waals surface area contributed by atoms with Gasteiger partial charge in [0.1, 0.15) is 0 Å². The fourth-order valence-electron chi connectivity index (χ4n) is 3.18. The maximum Gasteiger partial charge on any atom is 0.168 e. The van der Waals surface area contributed by atoms with E-state index in [2.05, 4.69) is 13.0 Å². The Kier molecular flexibility index (Phi) is 4.65. The number of halogens is 1. The summed E-state index contributed by atoms with van der Waals surface area (Å²) in [4.78, 5) is 0. The minimum absolute atomic E-state index is 0.262. The Hall–Kier alpha value is -1.56. The third-order valence-corrected chi connectivity index (χ3v) is 4.67. The van der Waals surface area contributed by atoms with E-state index in [0.717, 1.165) is 31.6 Å². The van der Waals surface area contributed by atoms with E-state index in [9.17, 15) is 9.65 Å². The van der Waals surface area contributed by atoms with Crippen molar-refractivity contribution in [2.45, 2.75) is 45.4 Å². The number of nitriles is 1. The molecule has 108 valence electrons. The maximum absolute atomic E-state index is 14.2. The molecule has 3 heteroatoms. The van der Waals surface area contributed by atoms with Crippen LogP contribution in [0.3, 0.4) is 0 Å². The molecule has 0 aliphatic heterocycles. The average molecular weight is 275 g/mol. The van der Waals surface area contributed by atoms with Gasteiger partial charge in [-0.15, -0.1) is 0 Å². The predicted molar refractivity (Wildman–Crippen MR) is 77.0 cm³/mol. The van der Waals surface area contributed by atoms with E-state index in [1.165, 1.54) is 13.5 Å². The molecule has 0 spiro atoms. The van der Waals surface area contributed by atoms with Gasteiger partial charge in [-0.25, -0.2) is 4.39 Å². The predicted octanol–water partition coefficient (Wildman–Crippen LogP) is 4.49. The van der Waals surface area contributed by atoms with Gasteiger partial charge in [0.15, 0.2) is 11.6 Å². The van der Waals surface area contributed by atoms with E-state index in [1.54, 1.807) is 18.2 Å². The highest BCUT2D eigenvalue weighted by Gasteiger charge is 2.36. The van der Waals surface area contributed by atoms with E-state index >= 15 is 0 Å². The molecule has 0 heterocycles. The van der Waals surface area contributed by atoms with Gasteiger partial charge in [0.05, 0.1) is 18.6 Å². The quantitative estimate of drug-likeness (QED) is 0.811. The molecule has 0 amide bonds. The summed E-state index contributed by atoms with van der Waals surface area (Å²) < 4.78 is 19.3. The van der Waals surface area contributed by atoms with Gasteiger partial charge in [-0.2, -0.15) is 5.26 Å². The van der Waals surface area contributed by atoms with Crippen LogP contribution in [-0.4, -0.2) is 7.11 Å². The Morgan fingerprint density at radius 3 is 2.65 bits per heavy atom. The summed E-state index contributed by atoms with van der Waals surface area (Å²) in [7, 11) is 1.47. The first kappa shape index (κ1) is 14.8. The van der Waals surface area contributed by atoms with Crippen molar-refractivity contribution in [1.82, 2.24) is 0 Å². The normalized spacial score (nSPS) is 26.0. The van der Waals surface area contributed by atoms with Crippen LogP contribution in [0.4, 0.5) is 4.39 Å². The molecule has 2 nitrogen and oxygen atoms in total. The van der Waals surface area contributed by atoms with Crippen molar-refractivity contribution in [1.29, 1.82) is 5.26 Å². The summed E-state index contributed by atoms with van der Waals surface area (Å²) in [6, 6.07) is 7.64. The van der Waals surface area contributed by atoms with Gasteiger partial charge in [0.2, 0.25) is 0 Å². The van der Waals surface area contributed by atoms with Crippen molar-refractivity contribution in [2.75, 3.05) is 7.11 Å². The monoisotopic (exact) mass is 275 g/mol. The van der Waals surface area contributed by atoms with E-state index in [0.29, 0.717) is 12.0 Å². The lowest BCUT2D eigenvalue weighted by molar-refractivity contribution is 0.203. The molecule has 1 fully saturated rings. The minimum atomic E-state index is -0.404. The molecule has 0 radical (unpaired) electrons. The summed E-state index contributed by atoms with van der Waals surface area (Å²) in [6.45, 7) is 2.20. The number of ether oxygens (including phenoxy) is 1. The van der Waals surface area contributed by atoms with Crippen LogP contribution in [0.15, 0.2) is 18.2 Å². The maximum atomic E-state index is 14.2. The zero-order valence-corrected chi connectivity index (χ0v) is 12.3. The molecule has 0 bridgehead atoms. The largest absolute Gasteiger partial charge is 0.494 e. The number of rotatable bonds is 4. The topological polar surface area (TPSA) is 33.0 Å². The third kappa shape index (κ3) is 2.95. The number of nitrogens with zero attached hydrogens (tertiary/aromatic N) is 1. The Labute approximate surface area is 120 Å². The molecular weight excluding hydrogens is 253 g/mol. The van der Waals surface area contributed by atoms with E-state index < -0.39 is 5.41 Å². The van der Waals surface area contributed by atoms with Gasteiger partial charge in [0, 0.05) is 0 Å². The minimum Gasteiger partial charge on any atom is -0.494 e. The summed E-state index contributed by atoms with van der Waals surface area (Å²) in [6.07, 6.45) is 5.57. The van der Waals surface area contributed by atoms with Gasteiger partial charge in [-0.1, -0.05) is 25.5 Å². The van der Waals surface area contributed by atoms with Crippen LogP contribution in [0.1, 0.15) is 44.6 Å². The lowest BCUT2D eigenvalue weighted by Crippen LogP contribution is -2.28. The van der Waals surface area contributed by atoms with Crippen LogP contribution in [0.5, 0.6) is 5.75 Å². The van der Waals surface area contributed by atoms with Crippen molar-refractivity contribution in [2.24, 2.45) is 11.3 Å². The third-order valence-electron chi connectivity index (χ3n) is 4.67. The van der Waals surface area contributed by atoms with Crippen LogP contribution in [0.25, 0.3) is 0 Å². The van der Waals surface area contributed by atoms with E-state index in [-0.39, 0.29) is 11.6 Å². The summed E-state index contributed by atoms with van der Waals surface area (Å²) >= 11 is 0. The number of hydrogen-bond acceptors (Lipinski definition) is 2. The summed E-state index contributed by atoms with van der Waals surface area (Å²) in [5.74, 6) is 0.673. The Morgan fingerprint density at radius 2 is 2.10 bits per heavy atom. The molecule has 1 aliphatic carbocycles. The van der Waals surface area contributed by atoms with Crippen molar-refractivity contribution in [3.63, 3.8) is 0 Å². The number of methoxy groups -OCH3 is 1. The molecule has 20 heavy (non-hydrogen) atoms. The molecule has 0 atom stereocenters. The van der Waals surface area contributed by atoms with Gasteiger partial charge < -0.3 is 4.74 Å². The Balaban J connectivity index is 2.17. The van der Waals surface area contributed by atoms with Crippen LogP contribution < -0.4 is 4.74 Å². The second kappa shape index (κ2) is 6.26. The molecule has 0 aromatic heterocycles. The van der Waals surface area contributed by atoms with Crippen LogP contribution in [0, 0.1) is 28.5 Å². The molecule has 1 aromatic carbocycles. The molecule has 0 unspecified atom stereocenters. The average Bonchev–Trinajstić information content (AvgIpc) is 2.50. The fourth-order valence-corrected chi connectivity index (χ4v) is 3.18. The van der Waals surface area contributed by atoms with Crippen LogP contribution in [0.2, 0.25) is 0 Å². The van der Waals surface area contributed by atoms with Crippen LogP contribution in [-0.2, 0) is 6.42 Å². The zero-order valence-electron chi connectivity index (χ0n) is 12.3. The summed E-state index contributed by atoms with van der Waals surface area (Å²) in [5, 5.41) is 9.58. The molecule has 2 rings (SSSR count). The zero-order chi connectivity index (χ0) is 14.6. The smallest absolute Gasteiger partial charge is 0.168 e. The van der Waals surface area contributed by atoms with Gasteiger partial charge in [-0.05, 0) is 49.7 Å². The fraction of sp³-hybridized carbons (Fsp3) is 0.588. The lowest BCUT2D eigenvalue weighted by atomic mass is 9.68. The van der Waals surface area contributed by atoms with Gasteiger partial charge in [-0.3, -0.25) is 0 Å². The molecular formula is C17H22FNO. The highest BCUT2D eigenvalue weighted by atomic mass is 19.1. The van der Waals surface area contributed by atoms with Crippen molar-refractivity contribution in [3.8, 4) is 11.8 Å². The molecule has 1 saturated carbocycles. The summed E-state index contributed by atoms with van der Waals surface area (Å²) in [5.41, 5.74) is 0.194. The van der Waals surface area contributed by atoms with Gasteiger partial charge >= 0.3 is 0 Å². The molecule has 1 aliphatic rings. The van der Waals surface area contributed by atoms with Crippen molar-refractivity contribution < 1.29 is 9.13 Å². The second-order valence-corrected chi connectivity index (χ2v) is 5.85. The van der Waals surface area contributed by atoms with Gasteiger partial charge in [0.25, 0.3) is 0 Å². The Morgan fingerprint density at radius 1 is 1.40 bits per heavy atom. The van der Waals surface area contributed by atoms with Crippen LogP contribution >= 0.6 is 0 Å². The highest BCUT2D eigenvalue weighted by molar-refractivity contribution is 5.32. The molecule has 1 aromatic rings. The van der Waals surface area contributed by atoms with E-state index in [4.69, 9.17) is 4.74 Å². The Bertz CT molecular complexity index is 498. The first-order chi connectivity index (χ1) is 9.64. The highest BCUT2D eigenvalue weighted by Crippen LogP contribution is 2.42. The molecule has 0 saturated heterocycles. The van der Waals surface area contributed by atoms with E-state index in [1.807, 2.05) is 0 Å². The lowest BCUT2D eigenvalue weighted by Gasteiger charge is -2.34. The first-order valence-corrected chi connectivity index (χ1v) is 7.37. The second-order valence-electron chi connectivity index (χ2n) is 5.85. The number of benzene rings is 1. The standard InChI is InChI=1S/C17H22FNO/c1-3-13-7-9-17(12-19,10-8-13)11-14-5-4-6-15(20-2)16(14)18/h4-6,13H,3,7-11H2,1-2H3. The molecule has 0 N–H and O–H groups in total. The first-order valence-electron chi connectivity index (χ1n) is 7.37. The number of hydrogen-bond donors (Lipinski definition) is 0.